The minimum Gasteiger partial charge on any atom is -0.381 e. The van der Waals surface area contributed by atoms with E-state index < -0.39 is 0 Å². The van der Waals surface area contributed by atoms with E-state index in [4.69, 9.17) is 21.3 Å². The lowest BCUT2D eigenvalue weighted by molar-refractivity contribution is 0.00655. The van der Waals surface area contributed by atoms with Gasteiger partial charge in [0.1, 0.15) is 11.3 Å². The van der Waals surface area contributed by atoms with Crippen molar-refractivity contribution in [1.29, 1.82) is 0 Å². The number of fused-ring (bicyclic) bond motifs is 3. The number of aromatic nitrogens is 5. The lowest BCUT2D eigenvalue weighted by Gasteiger charge is -2.36. The van der Waals surface area contributed by atoms with Crippen molar-refractivity contribution in [3.63, 3.8) is 0 Å². The summed E-state index contributed by atoms with van der Waals surface area (Å²) in [6.07, 6.45) is 8.04. The van der Waals surface area contributed by atoms with Crippen LogP contribution in [0.15, 0.2) is 36.8 Å². The molecule has 7 heteroatoms. The molecule has 3 aromatic heterocycles. The number of rotatable bonds is 4. The number of methoxy groups -OCH3 is 1. The number of ether oxygens (including phenoxy) is 1. The van der Waals surface area contributed by atoms with Gasteiger partial charge in [-0.05, 0) is 43.5 Å². The number of nitrogens with zero attached hydrogens (tertiary/aromatic N) is 5. The molecule has 138 valence electrons. The second-order valence-corrected chi connectivity index (χ2v) is 7.69. The van der Waals surface area contributed by atoms with E-state index in [0.29, 0.717) is 23.7 Å². The highest BCUT2D eigenvalue weighted by Gasteiger charge is 2.33. The topological polar surface area (TPSA) is 57.8 Å². The summed E-state index contributed by atoms with van der Waals surface area (Å²) < 4.78 is 9.79. The fourth-order valence-electron chi connectivity index (χ4n) is 3.94. The maximum Gasteiger partial charge on any atom is 0.132 e. The first kappa shape index (κ1) is 16.7. The molecule has 0 saturated heterocycles. The lowest BCUT2D eigenvalue weighted by atomic mass is 9.88. The van der Waals surface area contributed by atoms with Crippen LogP contribution in [0.4, 0.5) is 0 Å². The molecule has 4 aromatic rings. The second kappa shape index (κ2) is 6.32. The Bertz CT molecular complexity index is 1140. The summed E-state index contributed by atoms with van der Waals surface area (Å²) in [7, 11) is 1.78. The van der Waals surface area contributed by atoms with E-state index in [2.05, 4.69) is 14.6 Å². The molecule has 1 aliphatic rings. The predicted molar refractivity (Wildman–Crippen MR) is 105 cm³/mol. The van der Waals surface area contributed by atoms with Gasteiger partial charge < -0.3 is 9.30 Å². The Balaban J connectivity index is 1.71. The third-order valence-corrected chi connectivity index (χ3v) is 5.62. The molecule has 1 saturated carbocycles. The molecule has 0 aliphatic heterocycles. The molecule has 0 spiro atoms. The number of aryl methyl sites for hydroxylation is 1. The Hall–Kier alpha value is -2.44. The van der Waals surface area contributed by atoms with Gasteiger partial charge in [-0.25, -0.2) is 4.98 Å². The van der Waals surface area contributed by atoms with E-state index in [9.17, 15) is 0 Å². The average Bonchev–Trinajstić information content (AvgIpc) is 3.18. The first-order valence-corrected chi connectivity index (χ1v) is 9.47. The van der Waals surface area contributed by atoms with Gasteiger partial charge >= 0.3 is 0 Å². The molecule has 6 nitrogen and oxygen atoms in total. The van der Waals surface area contributed by atoms with Gasteiger partial charge in [-0.3, -0.25) is 9.67 Å². The zero-order chi connectivity index (χ0) is 18.5. The van der Waals surface area contributed by atoms with Crippen LogP contribution < -0.4 is 0 Å². The molecule has 3 heterocycles. The van der Waals surface area contributed by atoms with Crippen LogP contribution in [0.2, 0.25) is 5.02 Å². The van der Waals surface area contributed by atoms with Gasteiger partial charge in [-0.2, -0.15) is 5.10 Å². The van der Waals surface area contributed by atoms with E-state index in [1.807, 2.05) is 48.4 Å². The Morgan fingerprint density at radius 3 is 2.81 bits per heavy atom. The first-order chi connectivity index (χ1) is 13.1. The molecule has 1 fully saturated rings. The monoisotopic (exact) mass is 381 g/mol. The van der Waals surface area contributed by atoms with Crippen molar-refractivity contribution in [2.75, 3.05) is 7.11 Å². The van der Waals surface area contributed by atoms with Gasteiger partial charge in [0.15, 0.2) is 0 Å². The van der Waals surface area contributed by atoms with Crippen molar-refractivity contribution in [3.8, 4) is 0 Å². The third-order valence-electron chi connectivity index (χ3n) is 5.38. The summed E-state index contributed by atoms with van der Waals surface area (Å²) in [4.78, 5) is 9.48. The zero-order valence-corrected chi connectivity index (χ0v) is 16.0. The molecule has 0 unspecified atom stereocenters. The molecule has 0 radical (unpaired) electrons. The first-order valence-electron chi connectivity index (χ1n) is 9.09. The van der Waals surface area contributed by atoms with Gasteiger partial charge in [-0.15, -0.1) is 0 Å². The molecule has 0 bridgehead atoms. The fourth-order valence-corrected chi connectivity index (χ4v) is 4.11. The van der Waals surface area contributed by atoms with Crippen molar-refractivity contribution < 1.29 is 4.74 Å². The number of hydrogen-bond acceptors (Lipinski definition) is 4. The van der Waals surface area contributed by atoms with E-state index in [0.717, 1.165) is 46.2 Å². The van der Waals surface area contributed by atoms with Crippen molar-refractivity contribution >= 4 is 33.5 Å². The Labute approximate surface area is 161 Å². The van der Waals surface area contributed by atoms with E-state index in [-0.39, 0.29) is 0 Å². The zero-order valence-electron chi connectivity index (χ0n) is 15.3. The molecule has 0 N–H and O–H groups in total. The molecule has 1 aromatic carbocycles. The van der Waals surface area contributed by atoms with Crippen LogP contribution in [0.5, 0.6) is 0 Å². The van der Waals surface area contributed by atoms with Crippen LogP contribution in [0, 0.1) is 6.92 Å². The van der Waals surface area contributed by atoms with Crippen molar-refractivity contribution in [2.45, 2.75) is 38.5 Å². The second-order valence-electron chi connectivity index (χ2n) is 7.25. The highest BCUT2D eigenvalue weighted by atomic mass is 35.5. The summed E-state index contributed by atoms with van der Waals surface area (Å²) in [6, 6.07) is 6.18. The Morgan fingerprint density at radius 2 is 2.07 bits per heavy atom. The molecule has 0 amide bonds. The van der Waals surface area contributed by atoms with E-state index in [1.54, 1.807) is 7.11 Å². The number of halogens is 1. The van der Waals surface area contributed by atoms with E-state index in [1.165, 1.54) is 0 Å². The average molecular weight is 382 g/mol. The highest BCUT2D eigenvalue weighted by Crippen LogP contribution is 2.39. The summed E-state index contributed by atoms with van der Waals surface area (Å²) in [5.74, 6) is 0.988. The fraction of sp³-hybridized carbons (Fsp3) is 0.350. The van der Waals surface area contributed by atoms with Crippen molar-refractivity contribution in [2.24, 2.45) is 0 Å². The summed E-state index contributed by atoms with van der Waals surface area (Å²) in [5, 5.41) is 6.18. The minimum absolute atomic E-state index is 0.309. The SMILES string of the molecule is CO[C@H]1C[C@@H](n2c(Cn3cc(C)cn3)nc3cnc4ccc(Cl)cc4c32)C1. The van der Waals surface area contributed by atoms with Gasteiger partial charge in [0.2, 0.25) is 0 Å². The standard InChI is InChI=1S/C20H20ClN5O/c1-12-8-23-25(10-12)11-19-24-18-9-22-17-4-3-13(21)5-16(17)20(18)26(19)14-6-15(7-14)27-2/h3-5,8-10,14-15H,6-7,11H2,1-2H3/t14-,15+. The van der Waals surface area contributed by atoms with Crippen LogP contribution in [-0.2, 0) is 11.3 Å². The van der Waals surface area contributed by atoms with Crippen LogP contribution in [-0.4, -0.2) is 37.5 Å². The smallest absolute Gasteiger partial charge is 0.132 e. The largest absolute Gasteiger partial charge is 0.381 e. The van der Waals surface area contributed by atoms with Crippen molar-refractivity contribution in [3.05, 3.63) is 53.2 Å². The Kier molecular flexibility index (Phi) is 3.91. The van der Waals surface area contributed by atoms with E-state index >= 15 is 0 Å². The van der Waals surface area contributed by atoms with Crippen molar-refractivity contribution in [1.82, 2.24) is 24.3 Å². The summed E-state index contributed by atoms with van der Waals surface area (Å²) in [6.45, 7) is 2.67. The lowest BCUT2D eigenvalue weighted by Crippen LogP contribution is -2.33. The third kappa shape index (κ3) is 2.80. The maximum atomic E-state index is 6.29. The van der Waals surface area contributed by atoms with Crippen LogP contribution in [0.1, 0.15) is 30.3 Å². The number of pyridine rings is 1. The maximum absolute atomic E-state index is 6.29. The summed E-state index contributed by atoms with van der Waals surface area (Å²) >= 11 is 6.29. The van der Waals surface area contributed by atoms with Gasteiger partial charge in [0, 0.05) is 29.8 Å². The molecule has 27 heavy (non-hydrogen) atoms. The predicted octanol–water partition coefficient (Wildman–Crippen LogP) is 4.14. The van der Waals surface area contributed by atoms with Crippen LogP contribution in [0.25, 0.3) is 21.9 Å². The molecule has 5 rings (SSSR count). The quantitative estimate of drug-likeness (QED) is 0.533. The van der Waals surface area contributed by atoms with Gasteiger partial charge in [-0.1, -0.05) is 11.6 Å². The number of imidazole rings is 1. The normalized spacial score (nSPS) is 19.7. The van der Waals surface area contributed by atoms with Gasteiger partial charge in [0.05, 0.1) is 36.1 Å². The summed E-state index contributed by atoms with van der Waals surface area (Å²) in [5.41, 5.74) is 4.06. The highest BCUT2D eigenvalue weighted by molar-refractivity contribution is 6.31. The Morgan fingerprint density at radius 1 is 1.22 bits per heavy atom. The molecule has 1 aliphatic carbocycles. The van der Waals surface area contributed by atoms with Gasteiger partial charge in [0.25, 0.3) is 0 Å². The molecular weight excluding hydrogens is 362 g/mol. The molecule has 0 atom stereocenters. The number of benzene rings is 1. The minimum atomic E-state index is 0.309. The van der Waals surface area contributed by atoms with Crippen LogP contribution in [0.3, 0.4) is 0 Å². The number of hydrogen-bond donors (Lipinski definition) is 0. The van der Waals surface area contributed by atoms with Crippen LogP contribution >= 0.6 is 11.6 Å². The molecular formula is C20H20ClN5O.